The molecule has 1 aliphatic rings. The van der Waals surface area contributed by atoms with Crippen molar-refractivity contribution in [3.63, 3.8) is 0 Å². The highest BCUT2D eigenvalue weighted by Crippen LogP contribution is 2.45. The molecule has 0 saturated heterocycles. The molecule has 0 spiro atoms. The van der Waals surface area contributed by atoms with Crippen LogP contribution < -0.4 is 14.8 Å². The minimum atomic E-state index is -0.850. The average Bonchev–Trinajstić information content (AvgIpc) is 3.38. The fraction of sp³-hybridized carbons (Fsp3) is 0.500. The van der Waals surface area contributed by atoms with Gasteiger partial charge >= 0.3 is 5.97 Å². The van der Waals surface area contributed by atoms with Gasteiger partial charge in [0.2, 0.25) is 5.91 Å². The van der Waals surface area contributed by atoms with Gasteiger partial charge in [0.05, 0.1) is 19.1 Å². The summed E-state index contributed by atoms with van der Waals surface area (Å²) >= 11 is 0. The van der Waals surface area contributed by atoms with E-state index in [4.69, 9.17) is 14.6 Å². The molecule has 0 atom stereocenters. The molecule has 1 aliphatic carbocycles. The molecule has 0 radical (unpaired) electrons. The Balaban J connectivity index is 1.73. The van der Waals surface area contributed by atoms with Crippen molar-refractivity contribution in [1.29, 1.82) is 0 Å². The first-order valence-corrected chi connectivity index (χ1v) is 8.20. The SMILES string of the molecule is COc1cc(C(C)=O)ccc1OCCCC(=O)NCC1(C(=O)O)CC1. The highest BCUT2D eigenvalue weighted by Gasteiger charge is 2.50. The van der Waals surface area contributed by atoms with Crippen LogP contribution in [0.3, 0.4) is 0 Å². The summed E-state index contributed by atoms with van der Waals surface area (Å²) < 4.78 is 10.8. The van der Waals surface area contributed by atoms with Gasteiger partial charge in [-0.1, -0.05) is 0 Å². The number of aliphatic carboxylic acids is 1. The van der Waals surface area contributed by atoms with Gasteiger partial charge < -0.3 is 19.9 Å². The van der Waals surface area contributed by atoms with Gasteiger partial charge in [-0.25, -0.2) is 0 Å². The predicted molar refractivity (Wildman–Crippen MR) is 90.0 cm³/mol. The highest BCUT2D eigenvalue weighted by molar-refractivity contribution is 5.94. The molecule has 136 valence electrons. The summed E-state index contributed by atoms with van der Waals surface area (Å²) in [5.41, 5.74) is -0.214. The summed E-state index contributed by atoms with van der Waals surface area (Å²) in [6, 6.07) is 4.94. The second-order valence-electron chi connectivity index (χ2n) is 6.24. The molecule has 0 unspecified atom stereocenters. The van der Waals surface area contributed by atoms with E-state index in [0.29, 0.717) is 42.9 Å². The number of hydrogen-bond acceptors (Lipinski definition) is 5. The summed E-state index contributed by atoms with van der Waals surface area (Å²) in [4.78, 5) is 34.2. The number of amides is 1. The average molecular weight is 349 g/mol. The van der Waals surface area contributed by atoms with E-state index in [1.54, 1.807) is 18.2 Å². The zero-order valence-corrected chi connectivity index (χ0v) is 14.5. The lowest BCUT2D eigenvalue weighted by Crippen LogP contribution is -2.34. The van der Waals surface area contributed by atoms with Crippen molar-refractivity contribution in [1.82, 2.24) is 5.32 Å². The lowest BCUT2D eigenvalue weighted by atomic mass is 10.1. The minimum absolute atomic E-state index is 0.0590. The molecule has 25 heavy (non-hydrogen) atoms. The maximum Gasteiger partial charge on any atom is 0.311 e. The number of carbonyl (C=O) groups excluding carboxylic acids is 2. The Kier molecular flexibility index (Phi) is 6.01. The van der Waals surface area contributed by atoms with E-state index >= 15 is 0 Å². The summed E-state index contributed by atoms with van der Waals surface area (Å²) in [5, 5.41) is 11.7. The van der Waals surface area contributed by atoms with Crippen LogP contribution >= 0.6 is 0 Å². The van der Waals surface area contributed by atoms with Crippen LogP contribution in [-0.4, -0.2) is 43.0 Å². The lowest BCUT2D eigenvalue weighted by Gasteiger charge is -2.12. The third-order valence-electron chi connectivity index (χ3n) is 4.31. The van der Waals surface area contributed by atoms with Gasteiger partial charge in [0, 0.05) is 18.5 Å². The van der Waals surface area contributed by atoms with Gasteiger partial charge in [0.15, 0.2) is 17.3 Å². The molecule has 7 heteroatoms. The number of Topliss-reactive ketones (excluding diaryl/α,β-unsaturated/α-hetero) is 1. The molecule has 1 aromatic rings. The van der Waals surface area contributed by atoms with Crippen LogP contribution in [0.1, 0.15) is 43.0 Å². The van der Waals surface area contributed by atoms with Crippen molar-refractivity contribution in [2.75, 3.05) is 20.3 Å². The summed E-state index contributed by atoms with van der Waals surface area (Å²) in [7, 11) is 1.50. The van der Waals surface area contributed by atoms with Gasteiger partial charge in [-0.2, -0.15) is 0 Å². The van der Waals surface area contributed by atoms with Crippen molar-refractivity contribution in [3.8, 4) is 11.5 Å². The molecule has 0 bridgehead atoms. The number of ether oxygens (including phenoxy) is 2. The molecule has 1 saturated carbocycles. The number of ketones is 1. The lowest BCUT2D eigenvalue weighted by molar-refractivity contribution is -0.143. The number of nitrogens with one attached hydrogen (secondary N) is 1. The van der Waals surface area contributed by atoms with Crippen LogP contribution in [0.2, 0.25) is 0 Å². The molecular formula is C18H23NO6. The van der Waals surface area contributed by atoms with E-state index in [2.05, 4.69) is 5.32 Å². The Bertz CT molecular complexity index is 666. The Morgan fingerprint density at radius 1 is 1.24 bits per heavy atom. The van der Waals surface area contributed by atoms with Crippen LogP contribution in [0.4, 0.5) is 0 Å². The quantitative estimate of drug-likeness (QED) is 0.495. The number of rotatable bonds is 10. The van der Waals surface area contributed by atoms with E-state index in [1.807, 2.05) is 0 Å². The molecule has 1 aromatic carbocycles. The Morgan fingerprint density at radius 2 is 1.96 bits per heavy atom. The van der Waals surface area contributed by atoms with Crippen molar-refractivity contribution >= 4 is 17.7 Å². The topological polar surface area (TPSA) is 102 Å². The van der Waals surface area contributed by atoms with E-state index in [0.717, 1.165) is 0 Å². The number of carbonyl (C=O) groups is 3. The van der Waals surface area contributed by atoms with Gasteiger partial charge in [0.25, 0.3) is 0 Å². The van der Waals surface area contributed by atoms with E-state index in [-0.39, 0.29) is 24.7 Å². The largest absolute Gasteiger partial charge is 0.493 e. The fourth-order valence-corrected chi connectivity index (χ4v) is 2.39. The molecule has 2 N–H and O–H groups in total. The van der Waals surface area contributed by atoms with E-state index in [1.165, 1.54) is 14.0 Å². The van der Waals surface area contributed by atoms with Gasteiger partial charge in [-0.3, -0.25) is 14.4 Å². The smallest absolute Gasteiger partial charge is 0.311 e. The summed E-state index contributed by atoms with van der Waals surface area (Å²) in [6.07, 6.45) is 1.97. The van der Waals surface area contributed by atoms with Crippen LogP contribution in [0.15, 0.2) is 18.2 Å². The van der Waals surface area contributed by atoms with Gasteiger partial charge in [-0.05, 0) is 44.4 Å². The number of carboxylic acid groups (broad SMARTS) is 1. The Labute approximate surface area is 146 Å². The van der Waals surface area contributed by atoms with E-state index < -0.39 is 11.4 Å². The van der Waals surface area contributed by atoms with Crippen molar-refractivity contribution in [3.05, 3.63) is 23.8 Å². The van der Waals surface area contributed by atoms with Crippen molar-refractivity contribution in [2.24, 2.45) is 5.41 Å². The zero-order valence-electron chi connectivity index (χ0n) is 14.5. The first-order chi connectivity index (χ1) is 11.9. The molecule has 1 fully saturated rings. The Hall–Kier alpha value is -2.57. The third-order valence-corrected chi connectivity index (χ3v) is 4.31. The molecular weight excluding hydrogens is 326 g/mol. The summed E-state index contributed by atoms with van der Waals surface area (Å²) in [5.74, 6) is -0.117. The first kappa shape index (κ1) is 18.8. The molecule has 0 aliphatic heterocycles. The normalized spacial score (nSPS) is 14.5. The molecule has 2 rings (SSSR count). The monoisotopic (exact) mass is 349 g/mol. The second-order valence-corrected chi connectivity index (χ2v) is 6.24. The zero-order chi connectivity index (χ0) is 18.4. The maximum absolute atomic E-state index is 11.8. The molecule has 0 aromatic heterocycles. The van der Waals surface area contributed by atoms with Crippen LogP contribution in [0, 0.1) is 5.41 Å². The predicted octanol–water partition coefficient (Wildman–Crippen LogP) is 2.04. The van der Waals surface area contributed by atoms with Gasteiger partial charge in [0.1, 0.15) is 0 Å². The van der Waals surface area contributed by atoms with Crippen LogP contribution in [-0.2, 0) is 9.59 Å². The number of hydrogen-bond donors (Lipinski definition) is 2. The molecule has 0 heterocycles. The minimum Gasteiger partial charge on any atom is -0.493 e. The Morgan fingerprint density at radius 3 is 2.52 bits per heavy atom. The second kappa shape index (κ2) is 8.00. The standard InChI is InChI=1S/C18H23NO6/c1-12(20)13-5-6-14(15(10-13)24-2)25-9-3-4-16(21)19-11-18(7-8-18)17(22)23/h5-6,10H,3-4,7-9,11H2,1-2H3,(H,19,21)(H,22,23). The molecule has 7 nitrogen and oxygen atoms in total. The number of methoxy groups -OCH3 is 1. The van der Waals surface area contributed by atoms with Crippen LogP contribution in [0.5, 0.6) is 11.5 Å². The number of benzene rings is 1. The third kappa shape index (κ3) is 4.95. The fourth-order valence-electron chi connectivity index (χ4n) is 2.39. The highest BCUT2D eigenvalue weighted by atomic mass is 16.5. The summed E-state index contributed by atoms with van der Waals surface area (Å²) in [6.45, 7) is 1.97. The first-order valence-electron chi connectivity index (χ1n) is 8.20. The van der Waals surface area contributed by atoms with Crippen LogP contribution in [0.25, 0.3) is 0 Å². The number of carboxylic acids is 1. The van der Waals surface area contributed by atoms with Crippen molar-refractivity contribution in [2.45, 2.75) is 32.6 Å². The van der Waals surface area contributed by atoms with Gasteiger partial charge in [-0.15, -0.1) is 0 Å². The molecule has 1 amide bonds. The van der Waals surface area contributed by atoms with E-state index in [9.17, 15) is 14.4 Å². The van der Waals surface area contributed by atoms with Crippen molar-refractivity contribution < 1.29 is 29.0 Å². The maximum atomic E-state index is 11.8.